The summed E-state index contributed by atoms with van der Waals surface area (Å²) in [5, 5.41) is 14.4. The lowest BCUT2D eigenvalue weighted by Crippen LogP contribution is -2.49. The van der Waals surface area contributed by atoms with Crippen molar-refractivity contribution >= 4 is 12.9 Å². The van der Waals surface area contributed by atoms with E-state index in [2.05, 4.69) is 10.1 Å². The molecule has 1 N–H and O–H groups in total. The Labute approximate surface area is 157 Å². The number of alkyl halides is 3. The van der Waals surface area contributed by atoms with E-state index in [-0.39, 0.29) is 13.5 Å². The van der Waals surface area contributed by atoms with Crippen molar-refractivity contribution in [2.45, 2.75) is 64.5 Å². The summed E-state index contributed by atoms with van der Waals surface area (Å²) in [6.45, 7) is 8.81. The summed E-state index contributed by atoms with van der Waals surface area (Å²) in [6.07, 6.45) is 0.621. The van der Waals surface area contributed by atoms with Crippen LogP contribution in [0.3, 0.4) is 0 Å². The van der Waals surface area contributed by atoms with Crippen molar-refractivity contribution in [2.75, 3.05) is 0 Å². The Balaban J connectivity index is 2.19. The monoisotopic (exact) mass is 383 g/mol. The van der Waals surface area contributed by atoms with Gasteiger partial charge in [-0.2, -0.15) is 18.3 Å². The van der Waals surface area contributed by atoms with Crippen LogP contribution in [0.2, 0.25) is 0 Å². The lowest BCUT2D eigenvalue weighted by atomic mass is 9.84. The molecular formula is C18H25BF3N3O2. The Bertz CT molecular complexity index is 770. The SMILES string of the molecule is CCC(c1ccnc(C(F)(F)F)c1)n1cc(BOC(C)(C)C(C)(C)O)cn1. The summed E-state index contributed by atoms with van der Waals surface area (Å²) in [6, 6.07) is 2.28. The number of halogens is 3. The highest BCUT2D eigenvalue weighted by molar-refractivity contribution is 6.46. The second-order valence-corrected chi connectivity index (χ2v) is 7.58. The number of nitrogens with zero attached hydrogens (tertiary/aromatic N) is 3. The fourth-order valence-electron chi connectivity index (χ4n) is 2.45. The van der Waals surface area contributed by atoms with Gasteiger partial charge in [-0.1, -0.05) is 6.92 Å². The van der Waals surface area contributed by atoms with Crippen molar-refractivity contribution in [1.29, 1.82) is 0 Å². The topological polar surface area (TPSA) is 60.2 Å². The number of hydrogen-bond acceptors (Lipinski definition) is 4. The van der Waals surface area contributed by atoms with Crippen LogP contribution in [0.15, 0.2) is 30.7 Å². The summed E-state index contributed by atoms with van der Waals surface area (Å²) in [7, 11) is 0.234. The molecule has 0 saturated heterocycles. The van der Waals surface area contributed by atoms with Gasteiger partial charge in [0.25, 0.3) is 0 Å². The van der Waals surface area contributed by atoms with Crippen LogP contribution >= 0.6 is 0 Å². The molecule has 5 nitrogen and oxygen atoms in total. The molecule has 1 unspecified atom stereocenters. The van der Waals surface area contributed by atoms with E-state index in [4.69, 9.17) is 4.65 Å². The average Bonchev–Trinajstić information content (AvgIpc) is 3.01. The van der Waals surface area contributed by atoms with Gasteiger partial charge < -0.3 is 9.76 Å². The van der Waals surface area contributed by atoms with Crippen LogP contribution in [-0.2, 0) is 10.8 Å². The quantitative estimate of drug-likeness (QED) is 0.748. The molecule has 0 fully saturated rings. The molecule has 0 radical (unpaired) electrons. The first-order valence-electron chi connectivity index (χ1n) is 8.77. The Hall–Kier alpha value is -1.87. The van der Waals surface area contributed by atoms with Crippen molar-refractivity contribution in [3.63, 3.8) is 0 Å². The fraction of sp³-hybridized carbons (Fsp3) is 0.556. The predicted octanol–water partition coefficient (Wildman–Crippen LogP) is 2.84. The van der Waals surface area contributed by atoms with E-state index >= 15 is 0 Å². The van der Waals surface area contributed by atoms with Gasteiger partial charge in [-0.3, -0.25) is 9.67 Å². The highest BCUT2D eigenvalue weighted by Crippen LogP contribution is 2.30. The molecule has 0 aliphatic rings. The van der Waals surface area contributed by atoms with Gasteiger partial charge in [0, 0.05) is 18.6 Å². The molecule has 0 aromatic carbocycles. The first-order chi connectivity index (χ1) is 12.3. The number of aliphatic hydroxyl groups is 1. The first kappa shape index (κ1) is 21.4. The van der Waals surface area contributed by atoms with E-state index in [0.717, 1.165) is 11.5 Å². The van der Waals surface area contributed by atoms with Gasteiger partial charge in [0.2, 0.25) is 0 Å². The number of hydrogen-bond donors (Lipinski definition) is 1. The second kappa shape index (κ2) is 7.63. The van der Waals surface area contributed by atoms with E-state index in [1.165, 1.54) is 6.20 Å². The van der Waals surface area contributed by atoms with Crippen LogP contribution < -0.4 is 5.46 Å². The van der Waals surface area contributed by atoms with Crippen LogP contribution in [0, 0.1) is 0 Å². The van der Waals surface area contributed by atoms with Crippen LogP contribution in [0.4, 0.5) is 13.2 Å². The standard InChI is InChI=1S/C18H25BF3N3O2/c1-6-14(12-7-8-23-15(9-12)18(20,21)22)25-11-13(10-24-25)19-27-17(4,5)16(2,3)26/h7-11,14,19,26H,6H2,1-5H3. The van der Waals surface area contributed by atoms with Crippen molar-refractivity contribution in [2.24, 2.45) is 0 Å². The molecule has 2 rings (SSSR count). The Morgan fingerprint density at radius 3 is 2.48 bits per heavy atom. The van der Waals surface area contributed by atoms with E-state index in [1.54, 1.807) is 50.8 Å². The molecule has 0 bridgehead atoms. The van der Waals surface area contributed by atoms with Crippen LogP contribution in [-0.4, -0.2) is 38.6 Å². The molecule has 27 heavy (non-hydrogen) atoms. The third-order valence-electron chi connectivity index (χ3n) is 4.89. The predicted molar refractivity (Wildman–Crippen MR) is 98.1 cm³/mol. The van der Waals surface area contributed by atoms with E-state index in [9.17, 15) is 18.3 Å². The second-order valence-electron chi connectivity index (χ2n) is 7.58. The highest BCUT2D eigenvalue weighted by atomic mass is 19.4. The van der Waals surface area contributed by atoms with Gasteiger partial charge in [-0.15, -0.1) is 0 Å². The molecule has 9 heteroatoms. The summed E-state index contributed by atoms with van der Waals surface area (Å²) in [5.74, 6) is 0. The molecule has 0 spiro atoms. The minimum Gasteiger partial charge on any atom is -0.427 e. The maximum Gasteiger partial charge on any atom is 0.433 e. The molecule has 2 heterocycles. The van der Waals surface area contributed by atoms with E-state index in [0.29, 0.717) is 12.0 Å². The molecule has 1 atom stereocenters. The van der Waals surface area contributed by atoms with Crippen molar-refractivity contribution in [1.82, 2.24) is 14.8 Å². The summed E-state index contributed by atoms with van der Waals surface area (Å²) >= 11 is 0. The maximum atomic E-state index is 12.9. The fourth-order valence-corrected chi connectivity index (χ4v) is 2.45. The van der Waals surface area contributed by atoms with E-state index < -0.39 is 23.1 Å². The smallest absolute Gasteiger partial charge is 0.427 e. The van der Waals surface area contributed by atoms with E-state index in [1.807, 2.05) is 6.92 Å². The zero-order valence-electron chi connectivity index (χ0n) is 16.2. The molecular weight excluding hydrogens is 358 g/mol. The Morgan fingerprint density at radius 2 is 1.93 bits per heavy atom. The third-order valence-corrected chi connectivity index (χ3v) is 4.89. The lowest BCUT2D eigenvalue weighted by Gasteiger charge is -2.37. The minimum atomic E-state index is -4.49. The Morgan fingerprint density at radius 1 is 1.26 bits per heavy atom. The van der Waals surface area contributed by atoms with Crippen LogP contribution in [0.5, 0.6) is 0 Å². The molecule has 148 valence electrons. The normalized spacial score (nSPS) is 14.3. The molecule has 0 aliphatic carbocycles. The Kier molecular flexibility index (Phi) is 6.06. The highest BCUT2D eigenvalue weighted by Gasteiger charge is 2.36. The van der Waals surface area contributed by atoms with Gasteiger partial charge in [-0.05, 0) is 57.3 Å². The lowest BCUT2D eigenvalue weighted by molar-refractivity contribution is -0.141. The number of rotatable bonds is 7. The molecule has 0 aliphatic heterocycles. The minimum absolute atomic E-state index is 0.234. The van der Waals surface area contributed by atoms with Crippen molar-refractivity contribution in [3.8, 4) is 0 Å². The molecule has 0 amide bonds. The summed E-state index contributed by atoms with van der Waals surface area (Å²) in [4.78, 5) is 3.41. The zero-order chi connectivity index (χ0) is 20.5. The molecule has 0 saturated carbocycles. The average molecular weight is 383 g/mol. The summed E-state index contributed by atoms with van der Waals surface area (Å²) < 4.78 is 46.2. The first-order valence-corrected chi connectivity index (χ1v) is 8.77. The molecule has 2 aromatic rings. The van der Waals surface area contributed by atoms with Gasteiger partial charge in [0.05, 0.1) is 17.2 Å². The maximum absolute atomic E-state index is 12.9. The summed E-state index contributed by atoms with van der Waals surface area (Å²) in [5.41, 5.74) is -1.45. The van der Waals surface area contributed by atoms with Gasteiger partial charge in [0.15, 0.2) is 0 Å². The van der Waals surface area contributed by atoms with Crippen molar-refractivity contribution < 1.29 is 22.9 Å². The van der Waals surface area contributed by atoms with Crippen LogP contribution in [0.1, 0.15) is 58.3 Å². The zero-order valence-corrected chi connectivity index (χ0v) is 16.2. The van der Waals surface area contributed by atoms with Gasteiger partial charge in [0.1, 0.15) is 5.69 Å². The van der Waals surface area contributed by atoms with Gasteiger partial charge in [-0.25, -0.2) is 0 Å². The number of pyridine rings is 1. The van der Waals surface area contributed by atoms with Gasteiger partial charge >= 0.3 is 13.7 Å². The molecule has 2 aromatic heterocycles. The van der Waals surface area contributed by atoms with Crippen molar-refractivity contribution in [3.05, 3.63) is 42.0 Å². The van der Waals surface area contributed by atoms with Crippen LogP contribution in [0.25, 0.3) is 0 Å². The largest absolute Gasteiger partial charge is 0.433 e. The third kappa shape index (κ3) is 5.10. The number of aromatic nitrogens is 3.